The minimum atomic E-state index is -0.534. The SMILES string of the molecule is Nc1cccc(Cl)c1SCC(=O)Nc1ccc(F)c(Cl)c1. The minimum absolute atomic E-state index is 0.0456. The van der Waals surface area contributed by atoms with E-state index in [1.807, 2.05) is 0 Å². The van der Waals surface area contributed by atoms with Crippen molar-refractivity contribution in [2.45, 2.75) is 4.90 Å². The number of rotatable bonds is 4. The molecule has 110 valence electrons. The molecule has 0 aliphatic rings. The number of hydrogen-bond acceptors (Lipinski definition) is 3. The summed E-state index contributed by atoms with van der Waals surface area (Å²) in [5.41, 5.74) is 6.75. The zero-order valence-electron chi connectivity index (χ0n) is 10.7. The Morgan fingerprint density at radius 2 is 2.00 bits per heavy atom. The molecule has 0 saturated carbocycles. The van der Waals surface area contributed by atoms with Gasteiger partial charge in [-0.15, -0.1) is 11.8 Å². The van der Waals surface area contributed by atoms with Crippen LogP contribution in [0.5, 0.6) is 0 Å². The monoisotopic (exact) mass is 344 g/mol. The summed E-state index contributed by atoms with van der Waals surface area (Å²) in [5.74, 6) is -0.669. The second-order valence-corrected chi connectivity index (χ2v) is 5.92. The van der Waals surface area contributed by atoms with Crippen LogP contribution in [-0.4, -0.2) is 11.7 Å². The number of carbonyl (C=O) groups excluding carboxylic acids is 1. The number of anilines is 2. The Hall–Kier alpha value is -1.43. The molecule has 7 heteroatoms. The van der Waals surface area contributed by atoms with Gasteiger partial charge in [-0.2, -0.15) is 0 Å². The van der Waals surface area contributed by atoms with Crippen molar-refractivity contribution in [1.82, 2.24) is 0 Å². The average Bonchev–Trinajstić information content (AvgIpc) is 2.42. The lowest BCUT2D eigenvalue weighted by Crippen LogP contribution is -2.14. The van der Waals surface area contributed by atoms with Gasteiger partial charge >= 0.3 is 0 Å². The first-order chi connectivity index (χ1) is 9.97. The topological polar surface area (TPSA) is 55.1 Å². The van der Waals surface area contributed by atoms with Crippen molar-refractivity contribution in [3.8, 4) is 0 Å². The quantitative estimate of drug-likeness (QED) is 0.636. The van der Waals surface area contributed by atoms with Crippen LogP contribution in [0.25, 0.3) is 0 Å². The smallest absolute Gasteiger partial charge is 0.234 e. The van der Waals surface area contributed by atoms with Gasteiger partial charge in [0, 0.05) is 16.3 Å². The summed E-state index contributed by atoms with van der Waals surface area (Å²) in [6.07, 6.45) is 0. The minimum Gasteiger partial charge on any atom is -0.398 e. The number of halogens is 3. The van der Waals surface area contributed by atoms with Crippen LogP contribution in [0.1, 0.15) is 0 Å². The summed E-state index contributed by atoms with van der Waals surface area (Å²) in [7, 11) is 0. The van der Waals surface area contributed by atoms with Crippen LogP contribution in [0.2, 0.25) is 10.0 Å². The first kappa shape index (κ1) is 15.9. The number of benzene rings is 2. The maximum Gasteiger partial charge on any atom is 0.234 e. The van der Waals surface area contributed by atoms with Crippen molar-refractivity contribution in [2.24, 2.45) is 0 Å². The molecule has 0 unspecified atom stereocenters. The number of nitrogens with two attached hydrogens (primary N) is 1. The predicted molar refractivity (Wildman–Crippen MR) is 86.6 cm³/mol. The lowest BCUT2D eigenvalue weighted by molar-refractivity contribution is -0.113. The van der Waals surface area contributed by atoms with E-state index in [9.17, 15) is 9.18 Å². The summed E-state index contributed by atoms with van der Waals surface area (Å²) >= 11 is 12.9. The van der Waals surface area contributed by atoms with Gasteiger partial charge in [0.2, 0.25) is 5.91 Å². The molecular weight excluding hydrogens is 334 g/mol. The Labute approximate surface area is 135 Å². The van der Waals surface area contributed by atoms with Gasteiger partial charge in [0.25, 0.3) is 0 Å². The van der Waals surface area contributed by atoms with Gasteiger partial charge in [-0.1, -0.05) is 29.3 Å². The van der Waals surface area contributed by atoms with Crippen LogP contribution in [0.3, 0.4) is 0 Å². The molecule has 0 fully saturated rings. The zero-order valence-corrected chi connectivity index (χ0v) is 13.0. The summed E-state index contributed by atoms with van der Waals surface area (Å²) < 4.78 is 13.0. The third-order valence-corrected chi connectivity index (χ3v) is 4.42. The van der Waals surface area contributed by atoms with Gasteiger partial charge < -0.3 is 11.1 Å². The van der Waals surface area contributed by atoms with Crippen molar-refractivity contribution >= 4 is 52.2 Å². The van der Waals surface area contributed by atoms with E-state index in [0.29, 0.717) is 21.3 Å². The van der Waals surface area contributed by atoms with E-state index in [1.165, 1.54) is 30.0 Å². The Morgan fingerprint density at radius 3 is 2.67 bits per heavy atom. The van der Waals surface area contributed by atoms with Crippen LogP contribution in [0.15, 0.2) is 41.3 Å². The van der Waals surface area contributed by atoms with Crippen LogP contribution >= 0.6 is 35.0 Å². The van der Waals surface area contributed by atoms with E-state index < -0.39 is 5.82 Å². The third kappa shape index (κ3) is 4.27. The summed E-state index contributed by atoms with van der Waals surface area (Å²) in [4.78, 5) is 12.5. The normalized spacial score (nSPS) is 10.4. The Balaban J connectivity index is 1.97. The van der Waals surface area contributed by atoms with Gasteiger partial charge in [-0.3, -0.25) is 4.79 Å². The molecule has 0 atom stereocenters. The number of amides is 1. The fraction of sp³-hybridized carbons (Fsp3) is 0.0714. The first-order valence-corrected chi connectivity index (χ1v) is 7.63. The van der Waals surface area contributed by atoms with Gasteiger partial charge in [-0.05, 0) is 30.3 Å². The molecule has 0 spiro atoms. The molecule has 2 aromatic rings. The fourth-order valence-electron chi connectivity index (χ4n) is 1.59. The molecule has 0 heterocycles. The third-order valence-electron chi connectivity index (χ3n) is 2.55. The van der Waals surface area contributed by atoms with E-state index >= 15 is 0 Å². The molecule has 0 aromatic heterocycles. The second kappa shape index (κ2) is 7.02. The van der Waals surface area contributed by atoms with Gasteiger partial charge in [0.1, 0.15) is 5.82 Å². The molecule has 1 amide bonds. The number of thioether (sulfide) groups is 1. The molecule has 21 heavy (non-hydrogen) atoms. The molecule has 0 saturated heterocycles. The molecule has 0 radical (unpaired) electrons. The maximum atomic E-state index is 13.0. The number of hydrogen-bond donors (Lipinski definition) is 2. The first-order valence-electron chi connectivity index (χ1n) is 5.89. The molecule has 0 aliphatic heterocycles. The van der Waals surface area contributed by atoms with Crippen molar-refractivity contribution in [3.63, 3.8) is 0 Å². The molecular formula is C14H11Cl2FN2OS. The highest BCUT2D eigenvalue weighted by atomic mass is 35.5. The molecule has 2 aromatic carbocycles. The molecule has 0 aliphatic carbocycles. The van der Waals surface area contributed by atoms with Crippen molar-refractivity contribution < 1.29 is 9.18 Å². The van der Waals surface area contributed by atoms with Crippen LogP contribution in [0, 0.1) is 5.82 Å². The number of nitrogen functional groups attached to an aromatic ring is 1. The highest BCUT2D eigenvalue weighted by Crippen LogP contribution is 2.32. The maximum absolute atomic E-state index is 13.0. The van der Waals surface area contributed by atoms with Crippen LogP contribution < -0.4 is 11.1 Å². The van der Waals surface area contributed by atoms with Crippen molar-refractivity contribution in [1.29, 1.82) is 0 Å². The van der Waals surface area contributed by atoms with E-state index in [2.05, 4.69) is 5.32 Å². The van der Waals surface area contributed by atoms with E-state index in [0.717, 1.165) is 0 Å². The Bertz CT molecular complexity index is 662. The van der Waals surface area contributed by atoms with Crippen molar-refractivity contribution in [3.05, 3.63) is 52.3 Å². The number of carbonyl (C=O) groups is 1. The number of nitrogens with one attached hydrogen (secondary N) is 1. The average molecular weight is 345 g/mol. The molecule has 0 bridgehead atoms. The lowest BCUT2D eigenvalue weighted by Gasteiger charge is -2.08. The second-order valence-electron chi connectivity index (χ2n) is 4.12. The highest BCUT2D eigenvalue weighted by Gasteiger charge is 2.10. The summed E-state index contributed by atoms with van der Waals surface area (Å²) in [5, 5.41) is 3.08. The van der Waals surface area contributed by atoms with Crippen molar-refractivity contribution in [2.75, 3.05) is 16.8 Å². The van der Waals surface area contributed by atoms with E-state index in [1.54, 1.807) is 18.2 Å². The molecule has 3 nitrogen and oxygen atoms in total. The van der Waals surface area contributed by atoms with Gasteiger partial charge in [-0.25, -0.2) is 4.39 Å². The summed E-state index contributed by atoms with van der Waals surface area (Å²) in [6, 6.07) is 9.14. The summed E-state index contributed by atoms with van der Waals surface area (Å²) in [6.45, 7) is 0. The fourth-order valence-corrected chi connectivity index (χ4v) is 2.90. The van der Waals surface area contributed by atoms with Crippen LogP contribution in [-0.2, 0) is 4.79 Å². The van der Waals surface area contributed by atoms with E-state index in [-0.39, 0.29) is 16.7 Å². The molecule has 3 N–H and O–H groups in total. The Morgan fingerprint density at radius 1 is 1.24 bits per heavy atom. The van der Waals surface area contributed by atoms with Crippen LogP contribution in [0.4, 0.5) is 15.8 Å². The zero-order chi connectivity index (χ0) is 15.4. The molecule has 2 rings (SSSR count). The largest absolute Gasteiger partial charge is 0.398 e. The van der Waals surface area contributed by atoms with Gasteiger partial charge in [0.05, 0.1) is 15.8 Å². The van der Waals surface area contributed by atoms with E-state index in [4.69, 9.17) is 28.9 Å². The standard InChI is InChI=1S/C14H11Cl2FN2OS/c15-9-2-1-3-12(18)14(9)21-7-13(20)19-8-4-5-11(17)10(16)6-8/h1-6H,7,18H2,(H,19,20). The van der Waals surface area contributed by atoms with Gasteiger partial charge in [0.15, 0.2) is 0 Å². The highest BCUT2D eigenvalue weighted by molar-refractivity contribution is 8.00. The Kier molecular flexibility index (Phi) is 5.33. The predicted octanol–water partition coefficient (Wildman–Crippen LogP) is 4.45. The lowest BCUT2D eigenvalue weighted by atomic mass is 10.3.